The van der Waals surface area contributed by atoms with Crippen LogP contribution >= 0.6 is 12.6 Å². The zero-order valence-corrected chi connectivity index (χ0v) is 10.1. The average Bonchev–Trinajstić information content (AvgIpc) is 2.25. The molecule has 1 nitrogen and oxygen atoms in total. The monoisotopic (exact) mass is 222 g/mol. The zero-order chi connectivity index (χ0) is 10.8. The molecule has 0 aliphatic heterocycles. The maximum atomic E-state index is 9.72. The largest absolute Gasteiger partial charge is 0.508 e. The van der Waals surface area contributed by atoms with Crippen LogP contribution in [-0.2, 0) is 0 Å². The van der Waals surface area contributed by atoms with Gasteiger partial charge in [0.1, 0.15) is 5.75 Å². The SMILES string of the molecule is Cc1cc(S)c(C2CCCCC2)cc1O. The minimum Gasteiger partial charge on any atom is -0.508 e. The summed E-state index contributed by atoms with van der Waals surface area (Å²) in [4.78, 5) is 1.04. The number of rotatable bonds is 1. The number of aromatic hydroxyl groups is 1. The van der Waals surface area contributed by atoms with E-state index in [4.69, 9.17) is 0 Å². The van der Waals surface area contributed by atoms with Crippen molar-refractivity contribution >= 4 is 12.6 Å². The van der Waals surface area contributed by atoms with Crippen molar-refractivity contribution in [3.8, 4) is 5.75 Å². The van der Waals surface area contributed by atoms with E-state index in [2.05, 4.69) is 12.6 Å². The topological polar surface area (TPSA) is 20.2 Å². The molecule has 0 amide bonds. The van der Waals surface area contributed by atoms with Crippen LogP contribution in [-0.4, -0.2) is 5.11 Å². The van der Waals surface area contributed by atoms with Gasteiger partial charge in [-0.25, -0.2) is 0 Å². The Morgan fingerprint density at radius 2 is 1.87 bits per heavy atom. The molecule has 1 fully saturated rings. The van der Waals surface area contributed by atoms with Gasteiger partial charge in [0.25, 0.3) is 0 Å². The van der Waals surface area contributed by atoms with E-state index < -0.39 is 0 Å². The van der Waals surface area contributed by atoms with Gasteiger partial charge in [0.2, 0.25) is 0 Å². The summed E-state index contributed by atoms with van der Waals surface area (Å²) in [5.74, 6) is 1.02. The standard InChI is InChI=1S/C13H18OS/c1-9-7-13(15)11(8-12(9)14)10-5-3-2-4-6-10/h7-8,10,14-15H,2-6H2,1H3. The maximum Gasteiger partial charge on any atom is 0.118 e. The number of hydrogen-bond donors (Lipinski definition) is 2. The van der Waals surface area contributed by atoms with E-state index in [9.17, 15) is 5.11 Å². The second-order valence-electron chi connectivity index (χ2n) is 4.53. The normalized spacial score (nSPS) is 18.0. The van der Waals surface area contributed by atoms with Crippen molar-refractivity contribution in [2.24, 2.45) is 0 Å². The van der Waals surface area contributed by atoms with Crippen LogP contribution in [0.2, 0.25) is 0 Å². The fraction of sp³-hybridized carbons (Fsp3) is 0.538. The van der Waals surface area contributed by atoms with Gasteiger partial charge in [-0.05, 0) is 48.9 Å². The summed E-state index contributed by atoms with van der Waals surface area (Å²) >= 11 is 4.51. The number of thiol groups is 1. The van der Waals surface area contributed by atoms with Crippen molar-refractivity contribution in [3.05, 3.63) is 23.3 Å². The van der Waals surface area contributed by atoms with E-state index in [1.165, 1.54) is 37.7 Å². The first-order valence-corrected chi connectivity index (χ1v) is 6.15. The molecular weight excluding hydrogens is 204 g/mol. The fourth-order valence-corrected chi connectivity index (χ4v) is 2.88. The van der Waals surface area contributed by atoms with Gasteiger partial charge in [0, 0.05) is 4.90 Å². The molecule has 0 atom stereocenters. The Labute approximate surface area is 96.9 Å². The molecular formula is C13H18OS. The molecule has 0 saturated heterocycles. The van der Waals surface area contributed by atoms with Gasteiger partial charge in [0.15, 0.2) is 0 Å². The van der Waals surface area contributed by atoms with Gasteiger partial charge < -0.3 is 5.11 Å². The third kappa shape index (κ3) is 2.31. The van der Waals surface area contributed by atoms with Crippen LogP contribution < -0.4 is 0 Å². The van der Waals surface area contributed by atoms with E-state index in [-0.39, 0.29) is 0 Å². The Balaban J connectivity index is 2.30. The molecule has 82 valence electrons. The van der Waals surface area contributed by atoms with Gasteiger partial charge in [-0.1, -0.05) is 19.3 Å². The van der Waals surface area contributed by atoms with Gasteiger partial charge in [0.05, 0.1) is 0 Å². The predicted octanol–water partition coefficient (Wildman–Crippen LogP) is 4.04. The van der Waals surface area contributed by atoms with Gasteiger partial charge in [-0.3, -0.25) is 0 Å². The first kappa shape index (κ1) is 10.9. The van der Waals surface area contributed by atoms with Crippen molar-refractivity contribution in [2.75, 3.05) is 0 Å². The Morgan fingerprint density at radius 3 is 2.53 bits per heavy atom. The summed E-state index contributed by atoms with van der Waals surface area (Å²) in [5.41, 5.74) is 2.15. The quantitative estimate of drug-likeness (QED) is 0.687. The number of hydrogen-bond acceptors (Lipinski definition) is 2. The van der Waals surface area contributed by atoms with E-state index in [1.807, 2.05) is 19.1 Å². The molecule has 1 aromatic carbocycles. The number of aryl methyl sites for hydroxylation is 1. The lowest BCUT2D eigenvalue weighted by molar-refractivity contribution is 0.433. The Morgan fingerprint density at radius 1 is 1.20 bits per heavy atom. The van der Waals surface area contributed by atoms with Crippen LogP contribution in [0.4, 0.5) is 0 Å². The molecule has 0 bridgehead atoms. The summed E-state index contributed by atoms with van der Waals surface area (Å²) in [5, 5.41) is 9.72. The summed E-state index contributed by atoms with van der Waals surface area (Å²) in [6, 6.07) is 3.88. The molecule has 1 saturated carbocycles. The Bertz CT molecular complexity index is 354. The lowest BCUT2D eigenvalue weighted by Crippen LogP contribution is -2.05. The molecule has 1 aromatic rings. The first-order valence-electron chi connectivity index (χ1n) is 5.71. The summed E-state index contributed by atoms with van der Waals surface area (Å²) in [6.07, 6.45) is 6.47. The highest BCUT2D eigenvalue weighted by molar-refractivity contribution is 7.80. The molecule has 0 unspecified atom stereocenters. The molecule has 0 heterocycles. The highest BCUT2D eigenvalue weighted by Gasteiger charge is 2.18. The number of benzene rings is 1. The molecule has 0 radical (unpaired) electrons. The van der Waals surface area contributed by atoms with E-state index in [0.29, 0.717) is 11.7 Å². The fourth-order valence-electron chi connectivity index (χ4n) is 2.44. The Hall–Kier alpha value is -0.630. The number of phenols is 1. The van der Waals surface area contributed by atoms with Crippen LogP contribution in [0.3, 0.4) is 0 Å². The van der Waals surface area contributed by atoms with Crippen LogP contribution in [0.25, 0.3) is 0 Å². The van der Waals surface area contributed by atoms with Crippen molar-refractivity contribution in [2.45, 2.75) is 49.8 Å². The molecule has 2 rings (SSSR count). The third-order valence-corrected chi connectivity index (χ3v) is 3.78. The second kappa shape index (κ2) is 4.48. The molecule has 0 aromatic heterocycles. The summed E-state index contributed by atoms with van der Waals surface area (Å²) in [7, 11) is 0. The maximum absolute atomic E-state index is 9.72. The van der Waals surface area contributed by atoms with Crippen molar-refractivity contribution in [1.82, 2.24) is 0 Å². The van der Waals surface area contributed by atoms with Gasteiger partial charge in [-0.15, -0.1) is 12.6 Å². The average molecular weight is 222 g/mol. The first-order chi connectivity index (χ1) is 7.18. The molecule has 1 aliphatic rings. The highest BCUT2D eigenvalue weighted by atomic mass is 32.1. The lowest BCUT2D eigenvalue weighted by atomic mass is 9.84. The molecule has 2 heteroatoms. The summed E-state index contributed by atoms with van der Waals surface area (Å²) in [6.45, 7) is 1.92. The van der Waals surface area contributed by atoms with Crippen LogP contribution in [0.15, 0.2) is 17.0 Å². The molecule has 1 N–H and O–H groups in total. The van der Waals surface area contributed by atoms with Gasteiger partial charge in [-0.2, -0.15) is 0 Å². The van der Waals surface area contributed by atoms with Crippen LogP contribution in [0.1, 0.15) is 49.1 Å². The zero-order valence-electron chi connectivity index (χ0n) is 9.16. The molecule has 0 spiro atoms. The van der Waals surface area contributed by atoms with Crippen LogP contribution in [0.5, 0.6) is 5.75 Å². The highest BCUT2D eigenvalue weighted by Crippen LogP contribution is 2.38. The van der Waals surface area contributed by atoms with Crippen molar-refractivity contribution < 1.29 is 5.11 Å². The van der Waals surface area contributed by atoms with Crippen molar-refractivity contribution in [1.29, 1.82) is 0 Å². The third-order valence-electron chi connectivity index (χ3n) is 3.39. The van der Waals surface area contributed by atoms with E-state index in [1.54, 1.807) is 0 Å². The van der Waals surface area contributed by atoms with Crippen molar-refractivity contribution in [3.63, 3.8) is 0 Å². The lowest BCUT2D eigenvalue weighted by Gasteiger charge is -2.23. The second-order valence-corrected chi connectivity index (χ2v) is 5.01. The van der Waals surface area contributed by atoms with Crippen LogP contribution in [0, 0.1) is 6.92 Å². The minimum absolute atomic E-state index is 0.411. The predicted molar refractivity (Wildman–Crippen MR) is 65.9 cm³/mol. The van der Waals surface area contributed by atoms with E-state index in [0.717, 1.165) is 10.5 Å². The minimum atomic E-state index is 0.411. The van der Waals surface area contributed by atoms with Gasteiger partial charge >= 0.3 is 0 Å². The smallest absolute Gasteiger partial charge is 0.118 e. The molecule has 15 heavy (non-hydrogen) atoms. The summed E-state index contributed by atoms with van der Waals surface area (Å²) < 4.78 is 0. The van der Waals surface area contributed by atoms with E-state index >= 15 is 0 Å². The molecule has 1 aliphatic carbocycles. The Kier molecular flexibility index (Phi) is 3.25. The number of phenolic OH excluding ortho intramolecular Hbond substituents is 1.